The van der Waals surface area contributed by atoms with Crippen LogP contribution in [-0.4, -0.2) is 48.2 Å². The van der Waals surface area contributed by atoms with Crippen LogP contribution in [-0.2, 0) is 20.6 Å². The lowest BCUT2D eigenvalue weighted by Gasteiger charge is -2.26. The molecule has 0 spiro atoms. The molecule has 1 N–H and O–H groups in total. The molecule has 1 rings (SSSR count). The van der Waals surface area contributed by atoms with E-state index in [0.717, 1.165) is 0 Å². The molecule has 1 fully saturated rings. The SMILES string of the molecule is CCS(=O)CCNC1CS(=O)(=O)C1. The molecule has 6 heteroatoms. The number of hydrogen-bond acceptors (Lipinski definition) is 4. The van der Waals surface area contributed by atoms with Crippen molar-refractivity contribution in [2.24, 2.45) is 0 Å². The van der Waals surface area contributed by atoms with E-state index < -0.39 is 20.6 Å². The first-order valence-electron chi connectivity index (χ1n) is 4.32. The van der Waals surface area contributed by atoms with E-state index in [-0.39, 0.29) is 17.5 Å². The largest absolute Gasteiger partial charge is 0.311 e. The first-order valence-corrected chi connectivity index (χ1v) is 7.63. The average Bonchev–Trinajstić information content (AvgIpc) is 2.00. The normalized spacial score (nSPS) is 23.8. The van der Waals surface area contributed by atoms with E-state index in [9.17, 15) is 12.6 Å². The lowest BCUT2D eigenvalue weighted by molar-refractivity contribution is 0.522. The molecule has 0 bridgehead atoms. The summed E-state index contributed by atoms with van der Waals surface area (Å²) in [4.78, 5) is 0. The summed E-state index contributed by atoms with van der Waals surface area (Å²) in [6, 6.07) is 0.0962. The Morgan fingerprint density at radius 2 is 2.08 bits per heavy atom. The van der Waals surface area contributed by atoms with Crippen LogP contribution in [0.25, 0.3) is 0 Å². The highest BCUT2D eigenvalue weighted by Crippen LogP contribution is 2.09. The van der Waals surface area contributed by atoms with Gasteiger partial charge in [-0.2, -0.15) is 0 Å². The van der Waals surface area contributed by atoms with E-state index in [4.69, 9.17) is 0 Å². The third-order valence-electron chi connectivity index (χ3n) is 1.99. The van der Waals surface area contributed by atoms with Crippen LogP contribution in [0, 0.1) is 0 Å². The maximum Gasteiger partial charge on any atom is 0.153 e. The highest BCUT2D eigenvalue weighted by atomic mass is 32.2. The van der Waals surface area contributed by atoms with Gasteiger partial charge in [-0.1, -0.05) is 6.92 Å². The molecule has 78 valence electrons. The Morgan fingerprint density at radius 1 is 1.46 bits per heavy atom. The van der Waals surface area contributed by atoms with Crippen molar-refractivity contribution in [2.45, 2.75) is 13.0 Å². The van der Waals surface area contributed by atoms with E-state index in [1.165, 1.54) is 0 Å². The van der Waals surface area contributed by atoms with Crippen LogP contribution in [0.15, 0.2) is 0 Å². The summed E-state index contributed by atoms with van der Waals surface area (Å²) in [7, 11) is -3.48. The van der Waals surface area contributed by atoms with Crippen molar-refractivity contribution in [3.8, 4) is 0 Å². The lowest BCUT2D eigenvalue weighted by atomic mass is 10.4. The van der Waals surface area contributed by atoms with Gasteiger partial charge in [0.1, 0.15) is 0 Å². The molecule has 0 radical (unpaired) electrons. The molecule has 0 saturated carbocycles. The van der Waals surface area contributed by atoms with Gasteiger partial charge in [0.15, 0.2) is 9.84 Å². The standard InChI is InChI=1S/C7H15NO3S2/c1-2-12(9)4-3-8-7-5-13(10,11)6-7/h7-8H,2-6H2,1H3. The first-order chi connectivity index (χ1) is 6.03. The van der Waals surface area contributed by atoms with Crippen molar-refractivity contribution >= 4 is 20.6 Å². The number of rotatable bonds is 5. The number of nitrogens with one attached hydrogen (secondary N) is 1. The van der Waals surface area contributed by atoms with Gasteiger partial charge in [0.05, 0.1) is 11.5 Å². The van der Waals surface area contributed by atoms with E-state index in [2.05, 4.69) is 5.32 Å². The van der Waals surface area contributed by atoms with Gasteiger partial charge in [-0.3, -0.25) is 4.21 Å². The van der Waals surface area contributed by atoms with Crippen LogP contribution >= 0.6 is 0 Å². The summed E-state index contributed by atoms with van der Waals surface area (Å²) >= 11 is 0. The fourth-order valence-electron chi connectivity index (χ4n) is 1.20. The molecule has 0 aromatic heterocycles. The fraction of sp³-hybridized carbons (Fsp3) is 1.00. The minimum atomic E-state index is -2.73. The van der Waals surface area contributed by atoms with Crippen LogP contribution in [0.4, 0.5) is 0 Å². The summed E-state index contributed by atoms with van der Waals surface area (Å²) in [5.74, 6) is 1.77. The highest BCUT2D eigenvalue weighted by Gasteiger charge is 2.32. The monoisotopic (exact) mass is 225 g/mol. The third-order valence-corrected chi connectivity index (χ3v) is 5.12. The van der Waals surface area contributed by atoms with Gasteiger partial charge < -0.3 is 5.32 Å². The molecule has 1 unspecified atom stereocenters. The van der Waals surface area contributed by atoms with Crippen molar-refractivity contribution in [1.82, 2.24) is 5.32 Å². The van der Waals surface area contributed by atoms with Crippen LogP contribution < -0.4 is 5.32 Å². The van der Waals surface area contributed by atoms with Crippen LogP contribution in [0.3, 0.4) is 0 Å². The number of hydrogen-bond donors (Lipinski definition) is 1. The predicted octanol–water partition coefficient (Wildman–Crippen LogP) is -0.858. The van der Waals surface area contributed by atoms with Crippen molar-refractivity contribution in [2.75, 3.05) is 29.6 Å². The van der Waals surface area contributed by atoms with E-state index >= 15 is 0 Å². The van der Waals surface area contributed by atoms with Crippen molar-refractivity contribution in [3.63, 3.8) is 0 Å². The number of sulfone groups is 1. The molecule has 13 heavy (non-hydrogen) atoms. The molecule has 0 amide bonds. The molecule has 1 saturated heterocycles. The van der Waals surface area contributed by atoms with Crippen LogP contribution in [0.1, 0.15) is 6.92 Å². The summed E-state index contributed by atoms with van der Waals surface area (Å²) in [5.41, 5.74) is 0. The van der Waals surface area contributed by atoms with E-state index in [1.807, 2.05) is 6.92 Å². The Morgan fingerprint density at radius 3 is 2.54 bits per heavy atom. The maximum absolute atomic E-state index is 11.0. The highest BCUT2D eigenvalue weighted by molar-refractivity contribution is 7.92. The quantitative estimate of drug-likeness (QED) is 0.661. The van der Waals surface area contributed by atoms with Crippen LogP contribution in [0.2, 0.25) is 0 Å². The van der Waals surface area contributed by atoms with Gasteiger partial charge in [-0.05, 0) is 0 Å². The average molecular weight is 225 g/mol. The third kappa shape index (κ3) is 3.74. The Labute approximate surface area is 81.5 Å². The predicted molar refractivity (Wildman–Crippen MR) is 54.0 cm³/mol. The van der Waals surface area contributed by atoms with Gasteiger partial charge >= 0.3 is 0 Å². The van der Waals surface area contributed by atoms with Gasteiger partial charge in [0, 0.05) is 34.9 Å². The fourth-order valence-corrected chi connectivity index (χ4v) is 3.20. The summed E-state index contributed by atoms with van der Waals surface area (Å²) in [6.07, 6.45) is 0. The molecular weight excluding hydrogens is 210 g/mol. The minimum Gasteiger partial charge on any atom is -0.311 e. The van der Waals surface area contributed by atoms with Gasteiger partial charge in [0.25, 0.3) is 0 Å². The van der Waals surface area contributed by atoms with Gasteiger partial charge in [-0.25, -0.2) is 8.42 Å². The zero-order valence-corrected chi connectivity index (χ0v) is 9.29. The zero-order chi connectivity index (χ0) is 9.90. The molecule has 0 aliphatic carbocycles. The summed E-state index contributed by atoms with van der Waals surface area (Å²) in [5, 5.41) is 3.07. The van der Waals surface area contributed by atoms with Crippen molar-refractivity contribution in [1.29, 1.82) is 0 Å². The van der Waals surface area contributed by atoms with Gasteiger partial charge in [0.2, 0.25) is 0 Å². The molecule has 0 aromatic rings. The van der Waals surface area contributed by atoms with Crippen molar-refractivity contribution in [3.05, 3.63) is 0 Å². The smallest absolute Gasteiger partial charge is 0.153 e. The second-order valence-electron chi connectivity index (χ2n) is 3.16. The molecule has 1 aliphatic heterocycles. The van der Waals surface area contributed by atoms with Crippen LogP contribution in [0.5, 0.6) is 0 Å². The second kappa shape index (κ2) is 4.52. The van der Waals surface area contributed by atoms with Crippen molar-refractivity contribution < 1.29 is 12.6 Å². The molecule has 1 heterocycles. The maximum atomic E-state index is 11.0. The Bertz CT molecular complexity index is 274. The zero-order valence-electron chi connectivity index (χ0n) is 7.65. The molecule has 0 aromatic carbocycles. The molecule has 4 nitrogen and oxygen atoms in total. The second-order valence-corrected chi connectivity index (χ2v) is 7.18. The Hall–Kier alpha value is 0.0600. The van der Waals surface area contributed by atoms with Gasteiger partial charge in [-0.15, -0.1) is 0 Å². The summed E-state index contributed by atoms with van der Waals surface area (Å²) in [6.45, 7) is 2.53. The molecule has 1 aliphatic rings. The lowest BCUT2D eigenvalue weighted by Crippen LogP contribution is -2.51. The summed E-state index contributed by atoms with van der Waals surface area (Å²) < 4.78 is 32.5. The Balaban J connectivity index is 2.06. The minimum absolute atomic E-state index is 0.0962. The Kier molecular flexibility index (Phi) is 3.87. The topological polar surface area (TPSA) is 63.2 Å². The molecule has 1 atom stereocenters. The first kappa shape index (κ1) is 11.1. The van der Waals surface area contributed by atoms with E-state index in [1.54, 1.807) is 0 Å². The molecular formula is C7H15NO3S2. The van der Waals surface area contributed by atoms with E-state index in [0.29, 0.717) is 18.1 Å².